The van der Waals surface area contributed by atoms with E-state index in [-0.39, 0.29) is 48.7 Å². The van der Waals surface area contributed by atoms with Crippen LogP contribution in [0.2, 0.25) is 0 Å². The largest absolute Gasteiger partial charge is 0.494 e. The van der Waals surface area contributed by atoms with Gasteiger partial charge in [-0.1, -0.05) is 48.5 Å². The summed E-state index contributed by atoms with van der Waals surface area (Å²) < 4.78 is 38.8. The van der Waals surface area contributed by atoms with E-state index in [0.717, 1.165) is 77.4 Å². The molecule has 10 rings (SSSR count). The number of halogens is 2. The molecule has 0 radical (unpaired) electrons. The zero-order valence-corrected chi connectivity index (χ0v) is 37.6. The van der Waals surface area contributed by atoms with Crippen molar-refractivity contribution in [3.63, 3.8) is 0 Å². The fraction of sp³-hybridized carbons (Fsp3) is 0.275. The molecule has 0 aliphatic carbocycles. The van der Waals surface area contributed by atoms with Crippen LogP contribution in [0.15, 0.2) is 84.9 Å². The van der Waals surface area contributed by atoms with E-state index in [9.17, 15) is 28.3 Å². The summed E-state index contributed by atoms with van der Waals surface area (Å²) >= 11 is 0. The van der Waals surface area contributed by atoms with Crippen LogP contribution in [-0.4, -0.2) is 106 Å². The summed E-state index contributed by atoms with van der Waals surface area (Å²) in [7, 11) is 4.44. The lowest BCUT2D eigenvalue weighted by Gasteiger charge is -2.32. The maximum absolute atomic E-state index is 14.4. The Bertz CT molecular complexity index is 3220. The van der Waals surface area contributed by atoms with Gasteiger partial charge in [0, 0.05) is 84.2 Å². The lowest BCUT2D eigenvalue weighted by atomic mass is 9.94. The first-order chi connectivity index (χ1) is 32.5. The molecule has 1 atom stereocenters. The van der Waals surface area contributed by atoms with Crippen molar-refractivity contribution in [2.75, 3.05) is 54.0 Å². The maximum Gasteiger partial charge on any atom is 0.234 e. The van der Waals surface area contributed by atoms with E-state index in [1.165, 1.54) is 26.4 Å². The lowest BCUT2D eigenvalue weighted by Crippen LogP contribution is -2.41. The minimum absolute atomic E-state index is 0.0653. The number of carbonyl (C=O) groups is 3. The van der Waals surface area contributed by atoms with E-state index in [0.29, 0.717) is 50.3 Å². The second-order valence-electron chi connectivity index (χ2n) is 16.8. The summed E-state index contributed by atoms with van der Waals surface area (Å²) in [6, 6.07) is 25.5. The molecule has 0 saturated heterocycles. The Morgan fingerprint density at radius 3 is 1.85 bits per heavy atom. The van der Waals surface area contributed by atoms with E-state index in [4.69, 9.17) is 19.4 Å². The molecule has 14 nitrogen and oxygen atoms in total. The summed E-state index contributed by atoms with van der Waals surface area (Å²) in [4.78, 5) is 57.7. The van der Waals surface area contributed by atoms with Crippen LogP contribution in [0.25, 0.3) is 43.6 Å². The van der Waals surface area contributed by atoms with Gasteiger partial charge in [-0.3, -0.25) is 34.2 Å². The molecule has 344 valence electrons. The van der Waals surface area contributed by atoms with Crippen molar-refractivity contribution in [1.82, 2.24) is 40.4 Å². The Kier molecular flexibility index (Phi) is 12.7. The van der Waals surface area contributed by atoms with Gasteiger partial charge in [0.2, 0.25) is 11.8 Å². The molecule has 0 bridgehead atoms. The number of likely N-dealkylation sites (N-methyl/N-ethyl adjacent to an activating group) is 2. The molecule has 6 heterocycles. The number of Topliss-reactive ketones (excluding diaryl/α,β-unsaturated/α-hetero) is 1. The fourth-order valence-corrected chi connectivity index (χ4v) is 9.41. The quantitative estimate of drug-likeness (QED) is 0.0946. The number of nitrogens with zero attached hydrogens (tertiary/aromatic N) is 4. The predicted octanol–water partition coefficient (Wildman–Crippen LogP) is 6.64. The number of aliphatic hydroxyl groups excluding tert-OH is 1. The number of benzene rings is 4. The number of aromatic amines is 2. The van der Waals surface area contributed by atoms with Crippen molar-refractivity contribution in [2.24, 2.45) is 0 Å². The molecule has 2 aliphatic rings. The van der Waals surface area contributed by atoms with Gasteiger partial charge in [0.1, 0.15) is 0 Å². The number of amides is 2. The molecule has 67 heavy (non-hydrogen) atoms. The number of β-amino-alcohol motifs (C(OH)–C–C–N with tert-alkyl or cyclic N) is 1. The third-order valence-corrected chi connectivity index (χ3v) is 12.4. The maximum atomic E-state index is 14.4. The number of H-pyrrole nitrogens is 2. The number of fused-ring (bicyclic) bond motifs is 10. The number of hydrogen-bond donors (Lipinski definition) is 5. The average Bonchev–Trinajstić information content (AvgIpc) is 3.89. The van der Waals surface area contributed by atoms with Crippen molar-refractivity contribution in [1.29, 1.82) is 0 Å². The van der Waals surface area contributed by atoms with Gasteiger partial charge in [0.05, 0.1) is 79.3 Å². The highest BCUT2D eigenvalue weighted by atomic mass is 19.1. The third-order valence-electron chi connectivity index (χ3n) is 12.4. The smallest absolute Gasteiger partial charge is 0.234 e. The number of methoxy groups -OCH3 is 2. The van der Waals surface area contributed by atoms with Crippen molar-refractivity contribution < 1.29 is 37.7 Å². The standard InChI is InChI=1S/C26H27FN4O3.C25H23FN4O3/c1-3-28-23(33)14-31-12-20-25(21(32)13-31)24-16-6-4-5-7-18(16)30-26(24)19(29-20)11-15-8-9-22(34-2)17(27)10-15;1-27-22(32)13-30-11-19-24(20(31)12-30)23-15-5-3-4-6-17(15)29-25(23)18(28-19)10-14-7-8-21(33-2)16(26)9-14/h4-10,21,30,32H,3,11-14H2,1-2H3,(H,28,33);3-9,29H,10-13H2,1-2H3,(H,27,32). The van der Waals surface area contributed by atoms with Crippen molar-refractivity contribution in [3.05, 3.63) is 142 Å². The van der Waals surface area contributed by atoms with Gasteiger partial charge in [-0.25, -0.2) is 8.78 Å². The lowest BCUT2D eigenvalue weighted by molar-refractivity contribution is -0.123. The molecule has 2 amide bonds. The van der Waals surface area contributed by atoms with Crippen LogP contribution in [0.3, 0.4) is 0 Å². The van der Waals surface area contributed by atoms with Crippen LogP contribution < -0.4 is 20.1 Å². The number of hydrogen-bond acceptors (Lipinski definition) is 10. The predicted molar refractivity (Wildman–Crippen MR) is 251 cm³/mol. The van der Waals surface area contributed by atoms with E-state index >= 15 is 0 Å². The Morgan fingerprint density at radius 1 is 0.746 bits per heavy atom. The van der Waals surface area contributed by atoms with Gasteiger partial charge in [0.15, 0.2) is 28.9 Å². The zero-order chi connectivity index (χ0) is 46.9. The normalized spacial score (nSPS) is 15.0. The molecule has 2 aliphatic heterocycles. The van der Waals surface area contributed by atoms with Crippen molar-refractivity contribution in [2.45, 2.75) is 39.0 Å². The molecule has 0 spiro atoms. The van der Waals surface area contributed by atoms with Gasteiger partial charge in [-0.05, 0) is 54.4 Å². The third kappa shape index (κ3) is 8.90. The summed E-state index contributed by atoms with van der Waals surface area (Å²) in [6.45, 7) is 4.08. The van der Waals surface area contributed by atoms with E-state index < -0.39 is 17.7 Å². The highest BCUT2D eigenvalue weighted by Crippen LogP contribution is 2.39. The topological polar surface area (TPSA) is 178 Å². The zero-order valence-electron chi connectivity index (χ0n) is 37.6. The van der Waals surface area contributed by atoms with E-state index in [2.05, 4.69) is 20.6 Å². The molecule has 0 saturated carbocycles. The molecule has 4 aromatic carbocycles. The van der Waals surface area contributed by atoms with Gasteiger partial charge >= 0.3 is 0 Å². The highest BCUT2D eigenvalue weighted by Gasteiger charge is 2.32. The Morgan fingerprint density at radius 2 is 1.28 bits per heavy atom. The summed E-state index contributed by atoms with van der Waals surface area (Å²) in [5.74, 6) is -0.786. The average molecular weight is 909 g/mol. The Labute approximate surface area is 384 Å². The number of rotatable bonds is 11. The summed E-state index contributed by atoms with van der Waals surface area (Å²) in [5.41, 5.74) is 9.24. The molecule has 16 heteroatoms. The molecule has 0 fully saturated rings. The number of para-hydroxylation sites is 2. The van der Waals surface area contributed by atoms with Crippen molar-refractivity contribution in [3.8, 4) is 11.5 Å². The van der Waals surface area contributed by atoms with Crippen molar-refractivity contribution >= 4 is 61.2 Å². The molecule has 5 N–H and O–H groups in total. The first-order valence-corrected chi connectivity index (χ1v) is 22.1. The number of aromatic nitrogens is 4. The van der Waals surface area contributed by atoms with Gasteiger partial charge in [-0.2, -0.15) is 0 Å². The molecule has 8 aromatic rings. The SMILES string of the molecule is CCNC(=O)CN1Cc2nc(Cc3ccc(OC)c(F)c3)c3[nH]c4ccccc4c3c2C(O)C1.CNC(=O)CN1CC(=O)c2c(nc(Cc3ccc(OC)c(F)c3)c3[nH]c4ccccc4c23)C1. The molecule has 1 unspecified atom stereocenters. The number of ether oxygens (including phenoxy) is 2. The first-order valence-electron chi connectivity index (χ1n) is 22.1. The first kappa shape index (κ1) is 44.9. The Balaban J connectivity index is 0.000000168. The minimum Gasteiger partial charge on any atom is -0.494 e. The summed E-state index contributed by atoms with van der Waals surface area (Å²) in [5, 5.41) is 20.3. The van der Waals surface area contributed by atoms with Crippen LogP contribution in [0.4, 0.5) is 8.78 Å². The molecule has 4 aromatic heterocycles. The van der Waals surface area contributed by atoms with Crippen LogP contribution in [0.5, 0.6) is 11.5 Å². The minimum atomic E-state index is -0.778. The van der Waals surface area contributed by atoms with Gasteiger partial charge in [-0.15, -0.1) is 0 Å². The fourth-order valence-electron chi connectivity index (χ4n) is 9.41. The number of carbonyl (C=O) groups excluding carboxylic acids is 3. The second-order valence-corrected chi connectivity index (χ2v) is 16.8. The van der Waals surface area contributed by atoms with Gasteiger partial charge < -0.3 is 35.2 Å². The number of aliphatic hydroxyl groups is 1. The number of nitrogens with one attached hydrogen (secondary N) is 4. The van der Waals surface area contributed by atoms with E-state index in [1.54, 1.807) is 30.1 Å². The second kappa shape index (κ2) is 18.9. The van der Waals surface area contributed by atoms with Crippen LogP contribution in [0.1, 0.15) is 62.9 Å². The molecular weight excluding hydrogens is 859 g/mol. The number of pyridine rings is 2. The highest BCUT2D eigenvalue weighted by molar-refractivity contribution is 6.20. The van der Waals surface area contributed by atoms with Crippen LogP contribution >= 0.6 is 0 Å². The van der Waals surface area contributed by atoms with Crippen LogP contribution in [0, 0.1) is 11.6 Å². The van der Waals surface area contributed by atoms with E-state index in [1.807, 2.05) is 66.4 Å². The van der Waals surface area contributed by atoms with Crippen LogP contribution in [-0.2, 0) is 35.5 Å². The molecular formula is C51H50F2N8O6. The summed E-state index contributed by atoms with van der Waals surface area (Å²) in [6.07, 6.45) is 0.00492. The Hall–Kier alpha value is -7.27. The number of ketones is 1. The van der Waals surface area contributed by atoms with Gasteiger partial charge in [0.25, 0.3) is 0 Å². The monoisotopic (exact) mass is 908 g/mol.